The number of ether oxygens (including phenoxy) is 1. The van der Waals surface area contributed by atoms with Gasteiger partial charge in [-0.3, -0.25) is 10.1 Å². The van der Waals surface area contributed by atoms with Crippen molar-refractivity contribution in [2.45, 2.75) is 13.5 Å². The molecule has 2 rings (SSSR count). The number of carbonyl (C=O) groups is 2. The van der Waals surface area contributed by atoms with Gasteiger partial charge in [-0.05, 0) is 24.3 Å². The second-order valence-electron chi connectivity index (χ2n) is 3.92. The van der Waals surface area contributed by atoms with Gasteiger partial charge in [0.05, 0.1) is 6.61 Å². The molecule has 1 aromatic heterocycles. The lowest BCUT2D eigenvalue weighted by molar-refractivity contribution is -0.121. The highest BCUT2D eigenvalue weighted by Crippen LogP contribution is 2.18. The highest BCUT2D eigenvalue weighted by molar-refractivity contribution is 6.30. The minimum atomic E-state index is -0.808. The molecule has 2 amide bonds. The normalized spacial score (nSPS) is 10.2. The monoisotopic (exact) mass is 309 g/mol. The average Bonchev–Trinajstić information content (AvgIpc) is 2.87. The lowest BCUT2D eigenvalue weighted by atomic mass is 10.2. The van der Waals surface area contributed by atoms with Gasteiger partial charge in [0.15, 0.2) is 0 Å². The lowest BCUT2D eigenvalue weighted by Crippen LogP contribution is -2.34. The molecule has 1 heterocycles. The molecule has 0 spiro atoms. The molecule has 1 aromatic carbocycles. The van der Waals surface area contributed by atoms with Gasteiger partial charge in [0.25, 0.3) is 5.91 Å². The first-order valence-electron chi connectivity index (χ1n) is 6.09. The molecule has 0 radical (unpaired) electrons. The molecular formula is C12H12ClN5O3. The van der Waals surface area contributed by atoms with Gasteiger partial charge in [-0.15, -0.1) is 10.2 Å². The summed E-state index contributed by atoms with van der Waals surface area (Å²) in [6.45, 7) is 1.58. The van der Waals surface area contributed by atoms with Crippen LogP contribution in [0, 0.1) is 0 Å². The molecule has 0 aliphatic heterocycles. The van der Waals surface area contributed by atoms with E-state index in [2.05, 4.69) is 20.1 Å². The average molecular weight is 310 g/mol. The number of alkyl carbamates (subject to hydrolysis) is 1. The van der Waals surface area contributed by atoms with E-state index in [1.807, 2.05) is 5.32 Å². The summed E-state index contributed by atoms with van der Waals surface area (Å²) in [5, 5.41) is 14.2. The second-order valence-corrected chi connectivity index (χ2v) is 4.36. The van der Waals surface area contributed by atoms with Gasteiger partial charge in [0, 0.05) is 10.6 Å². The lowest BCUT2D eigenvalue weighted by Gasteiger charge is -2.02. The van der Waals surface area contributed by atoms with Crippen molar-refractivity contribution in [2.24, 2.45) is 0 Å². The summed E-state index contributed by atoms with van der Waals surface area (Å²) in [5.74, 6) is -0.259. The standard InChI is InChI=1S/C12H12ClN5O3/c1-2-21-12(20)14-10(19)7-18-16-11(15-17-18)8-4-3-5-9(13)6-8/h3-6H,2,7H2,1H3,(H,14,19,20). The van der Waals surface area contributed by atoms with Crippen LogP contribution in [0.5, 0.6) is 0 Å². The largest absolute Gasteiger partial charge is 0.450 e. The third kappa shape index (κ3) is 4.25. The van der Waals surface area contributed by atoms with Gasteiger partial charge in [-0.1, -0.05) is 23.7 Å². The van der Waals surface area contributed by atoms with Gasteiger partial charge < -0.3 is 4.74 Å². The zero-order valence-corrected chi connectivity index (χ0v) is 11.9. The summed E-state index contributed by atoms with van der Waals surface area (Å²) in [5.41, 5.74) is 0.680. The molecule has 110 valence electrons. The van der Waals surface area contributed by atoms with E-state index in [0.29, 0.717) is 16.4 Å². The minimum Gasteiger partial charge on any atom is -0.450 e. The number of nitrogens with one attached hydrogen (secondary N) is 1. The van der Waals surface area contributed by atoms with Crippen LogP contribution in [0.15, 0.2) is 24.3 Å². The van der Waals surface area contributed by atoms with Gasteiger partial charge in [0.2, 0.25) is 5.82 Å². The van der Waals surface area contributed by atoms with Crippen molar-refractivity contribution in [1.29, 1.82) is 0 Å². The molecule has 0 unspecified atom stereocenters. The van der Waals surface area contributed by atoms with E-state index < -0.39 is 12.0 Å². The van der Waals surface area contributed by atoms with E-state index >= 15 is 0 Å². The number of benzene rings is 1. The Morgan fingerprint density at radius 1 is 1.43 bits per heavy atom. The van der Waals surface area contributed by atoms with E-state index in [1.54, 1.807) is 31.2 Å². The molecule has 0 aliphatic carbocycles. The molecule has 0 atom stereocenters. The van der Waals surface area contributed by atoms with Crippen LogP contribution in [0.25, 0.3) is 11.4 Å². The Hall–Kier alpha value is -2.48. The Balaban J connectivity index is 2.00. The van der Waals surface area contributed by atoms with Crippen molar-refractivity contribution in [1.82, 2.24) is 25.5 Å². The van der Waals surface area contributed by atoms with Crippen LogP contribution in [0.3, 0.4) is 0 Å². The van der Waals surface area contributed by atoms with E-state index in [4.69, 9.17) is 11.6 Å². The fraction of sp³-hybridized carbons (Fsp3) is 0.250. The molecule has 9 heteroatoms. The number of hydrogen-bond acceptors (Lipinski definition) is 6. The SMILES string of the molecule is CCOC(=O)NC(=O)Cn1nnc(-c2cccc(Cl)c2)n1. The Bertz CT molecular complexity index is 658. The second kappa shape index (κ2) is 6.80. The van der Waals surface area contributed by atoms with Crippen molar-refractivity contribution < 1.29 is 14.3 Å². The number of halogens is 1. The Morgan fingerprint density at radius 3 is 2.95 bits per heavy atom. The molecule has 0 saturated heterocycles. The first kappa shape index (κ1) is 14.9. The zero-order chi connectivity index (χ0) is 15.2. The quantitative estimate of drug-likeness (QED) is 0.913. The molecule has 0 bridgehead atoms. The fourth-order valence-electron chi connectivity index (χ4n) is 1.50. The molecule has 0 saturated carbocycles. The van der Waals surface area contributed by atoms with Crippen molar-refractivity contribution >= 4 is 23.6 Å². The van der Waals surface area contributed by atoms with Crippen LogP contribution in [0.1, 0.15) is 6.92 Å². The Kier molecular flexibility index (Phi) is 4.83. The third-order valence-electron chi connectivity index (χ3n) is 2.34. The smallest absolute Gasteiger partial charge is 0.413 e. The number of hydrogen-bond donors (Lipinski definition) is 1. The van der Waals surface area contributed by atoms with Crippen LogP contribution in [0.4, 0.5) is 4.79 Å². The van der Waals surface area contributed by atoms with Crippen molar-refractivity contribution in [3.05, 3.63) is 29.3 Å². The van der Waals surface area contributed by atoms with Gasteiger partial charge in [0.1, 0.15) is 6.54 Å². The third-order valence-corrected chi connectivity index (χ3v) is 2.57. The summed E-state index contributed by atoms with van der Waals surface area (Å²) in [4.78, 5) is 23.7. The van der Waals surface area contributed by atoms with Gasteiger partial charge in [-0.2, -0.15) is 4.80 Å². The minimum absolute atomic E-state index is 0.180. The maximum absolute atomic E-state index is 11.5. The van der Waals surface area contributed by atoms with Crippen LogP contribution >= 0.6 is 11.6 Å². The molecule has 0 aliphatic rings. The van der Waals surface area contributed by atoms with Gasteiger partial charge >= 0.3 is 6.09 Å². The number of carbonyl (C=O) groups excluding carboxylic acids is 2. The topological polar surface area (TPSA) is 99.0 Å². The molecule has 1 N–H and O–H groups in total. The van der Waals surface area contributed by atoms with E-state index in [1.165, 1.54) is 0 Å². The maximum atomic E-state index is 11.5. The number of amides is 2. The first-order valence-corrected chi connectivity index (χ1v) is 6.46. The number of imide groups is 1. The van der Waals surface area contributed by atoms with Crippen molar-refractivity contribution in [2.75, 3.05) is 6.61 Å². The summed E-state index contributed by atoms with van der Waals surface area (Å²) < 4.78 is 4.59. The molecule has 8 nitrogen and oxygen atoms in total. The predicted molar refractivity (Wildman–Crippen MR) is 73.4 cm³/mol. The maximum Gasteiger partial charge on any atom is 0.413 e. The fourth-order valence-corrected chi connectivity index (χ4v) is 1.69. The van der Waals surface area contributed by atoms with E-state index in [0.717, 1.165) is 4.80 Å². The molecular weight excluding hydrogens is 298 g/mol. The summed E-state index contributed by atoms with van der Waals surface area (Å²) in [6.07, 6.45) is -0.808. The molecule has 21 heavy (non-hydrogen) atoms. The molecule has 2 aromatic rings. The highest BCUT2D eigenvalue weighted by Gasteiger charge is 2.12. The highest BCUT2D eigenvalue weighted by atomic mass is 35.5. The summed E-state index contributed by atoms with van der Waals surface area (Å²) in [7, 11) is 0. The number of nitrogens with zero attached hydrogens (tertiary/aromatic N) is 4. The van der Waals surface area contributed by atoms with Crippen molar-refractivity contribution in [3.63, 3.8) is 0 Å². The predicted octanol–water partition coefficient (Wildman–Crippen LogP) is 1.27. The number of aromatic nitrogens is 4. The van der Waals surface area contributed by atoms with Crippen molar-refractivity contribution in [3.8, 4) is 11.4 Å². The van der Waals surface area contributed by atoms with Crippen LogP contribution in [0.2, 0.25) is 5.02 Å². The zero-order valence-electron chi connectivity index (χ0n) is 11.1. The Labute approximate surface area is 125 Å². The van der Waals surface area contributed by atoms with Crippen LogP contribution in [-0.4, -0.2) is 38.8 Å². The number of tetrazole rings is 1. The van der Waals surface area contributed by atoms with Crippen LogP contribution < -0.4 is 5.32 Å². The summed E-state index contributed by atoms with van der Waals surface area (Å²) >= 11 is 5.87. The van der Waals surface area contributed by atoms with E-state index in [9.17, 15) is 9.59 Å². The number of rotatable bonds is 4. The van der Waals surface area contributed by atoms with Crippen LogP contribution in [-0.2, 0) is 16.1 Å². The summed E-state index contributed by atoms with van der Waals surface area (Å²) in [6, 6.07) is 6.93. The van der Waals surface area contributed by atoms with E-state index in [-0.39, 0.29) is 13.2 Å². The first-order chi connectivity index (χ1) is 10.1. The Morgan fingerprint density at radius 2 is 2.24 bits per heavy atom. The molecule has 0 fully saturated rings. The van der Waals surface area contributed by atoms with Gasteiger partial charge in [-0.25, -0.2) is 4.79 Å².